The van der Waals surface area contributed by atoms with Crippen LogP contribution in [-0.2, 0) is 0 Å². The molecule has 0 saturated heterocycles. The van der Waals surface area contributed by atoms with Crippen molar-refractivity contribution in [3.8, 4) is 5.75 Å². The Balaban J connectivity index is 2.79. The first kappa shape index (κ1) is 17.4. The number of carbonyl (C=O) groups excluding carboxylic acids is 1. The summed E-state index contributed by atoms with van der Waals surface area (Å²) in [6.45, 7) is 3.78. The molecule has 1 atom stereocenters. The number of halogens is 3. The lowest BCUT2D eigenvalue weighted by Crippen LogP contribution is -2.55. The summed E-state index contributed by atoms with van der Waals surface area (Å²) >= 11 is 17.6. The van der Waals surface area contributed by atoms with E-state index in [2.05, 4.69) is 10.6 Å². The summed E-state index contributed by atoms with van der Waals surface area (Å²) in [6.07, 6.45) is -0.790. The molecule has 0 bridgehead atoms. The number of benzene rings is 1. The standard InChI is InChI=1S/C13H17Cl3N2O2/c1-8(2)17-12(13(14,15)16)18-11(19)9-4-6-10(20-3)7-5-9/h4-8,12,17H,1-3H3,(H,18,19). The SMILES string of the molecule is COc1ccc(C(=O)NC(NC(C)C)C(Cl)(Cl)Cl)cc1. The molecule has 2 N–H and O–H groups in total. The minimum absolute atomic E-state index is 0.0480. The molecule has 0 fully saturated rings. The molecular formula is C13H17Cl3N2O2. The second kappa shape index (κ2) is 7.36. The van der Waals surface area contributed by atoms with Crippen LogP contribution >= 0.6 is 34.8 Å². The Morgan fingerprint density at radius 1 is 1.20 bits per heavy atom. The Labute approximate surface area is 133 Å². The molecular weight excluding hydrogens is 323 g/mol. The summed E-state index contributed by atoms with van der Waals surface area (Å²) in [5.41, 5.74) is 0.454. The van der Waals surface area contributed by atoms with Gasteiger partial charge in [-0.25, -0.2) is 0 Å². The molecule has 0 radical (unpaired) electrons. The van der Waals surface area contributed by atoms with Crippen LogP contribution in [0.25, 0.3) is 0 Å². The number of hydrogen-bond donors (Lipinski definition) is 2. The lowest BCUT2D eigenvalue weighted by atomic mass is 10.2. The maximum absolute atomic E-state index is 12.1. The van der Waals surface area contributed by atoms with Crippen molar-refractivity contribution in [2.45, 2.75) is 29.8 Å². The monoisotopic (exact) mass is 338 g/mol. The fourth-order valence-corrected chi connectivity index (χ4v) is 1.86. The van der Waals surface area contributed by atoms with Gasteiger partial charge in [-0.15, -0.1) is 0 Å². The third-order valence-corrected chi connectivity index (χ3v) is 3.11. The van der Waals surface area contributed by atoms with Crippen molar-refractivity contribution < 1.29 is 9.53 Å². The van der Waals surface area contributed by atoms with E-state index in [9.17, 15) is 4.79 Å². The first-order valence-electron chi connectivity index (χ1n) is 6.01. The van der Waals surface area contributed by atoms with E-state index in [1.54, 1.807) is 31.4 Å². The molecule has 1 aromatic carbocycles. The number of alkyl halides is 3. The van der Waals surface area contributed by atoms with Crippen LogP contribution in [0.4, 0.5) is 0 Å². The molecule has 0 aliphatic rings. The summed E-state index contributed by atoms with van der Waals surface area (Å²) in [5, 5.41) is 5.65. The fraction of sp³-hybridized carbons (Fsp3) is 0.462. The Morgan fingerprint density at radius 3 is 2.15 bits per heavy atom. The number of nitrogens with one attached hydrogen (secondary N) is 2. The van der Waals surface area contributed by atoms with Crippen LogP contribution in [0.1, 0.15) is 24.2 Å². The lowest BCUT2D eigenvalue weighted by Gasteiger charge is -2.28. The number of carbonyl (C=O) groups is 1. The van der Waals surface area contributed by atoms with E-state index in [0.717, 1.165) is 0 Å². The number of amides is 1. The van der Waals surface area contributed by atoms with E-state index in [4.69, 9.17) is 39.5 Å². The van der Waals surface area contributed by atoms with Crippen LogP contribution in [0.15, 0.2) is 24.3 Å². The molecule has 0 spiro atoms. The van der Waals surface area contributed by atoms with Gasteiger partial charge >= 0.3 is 0 Å². The Kier molecular flexibility index (Phi) is 6.40. The quantitative estimate of drug-likeness (QED) is 0.640. The third kappa shape index (κ3) is 5.37. The van der Waals surface area contributed by atoms with E-state index in [1.165, 1.54) is 0 Å². The molecule has 0 heterocycles. The maximum Gasteiger partial charge on any atom is 0.252 e. The summed E-state index contributed by atoms with van der Waals surface area (Å²) in [5.74, 6) is 0.330. The zero-order chi connectivity index (χ0) is 15.3. The van der Waals surface area contributed by atoms with Gasteiger partial charge in [-0.2, -0.15) is 0 Å². The first-order valence-corrected chi connectivity index (χ1v) is 7.15. The van der Waals surface area contributed by atoms with Gasteiger partial charge in [0.2, 0.25) is 3.79 Å². The minimum atomic E-state index is -1.65. The van der Waals surface area contributed by atoms with Crippen LogP contribution in [0.5, 0.6) is 5.75 Å². The van der Waals surface area contributed by atoms with Crippen LogP contribution in [0.2, 0.25) is 0 Å². The third-order valence-electron chi connectivity index (χ3n) is 2.45. The smallest absolute Gasteiger partial charge is 0.252 e. The van der Waals surface area contributed by atoms with Crippen molar-refractivity contribution in [3.05, 3.63) is 29.8 Å². The molecule has 1 rings (SSSR count). The molecule has 7 heteroatoms. The maximum atomic E-state index is 12.1. The Morgan fingerprint density at radius 2 is 1.75 bits per heavy atom. The van der Waals surface area contributed by atoms with Crippen molar-refractivity contribution in [2.24, 2.45) is 0 Å². The average molecular weight is 340 g/mol. The van der Waals surface area contributed by atoms with Gasteiger partial charge in [0, 0.05) is 11.6 Å². The van der Waals surface area contributed by atoms with Crippen LogP contribution in [-0.4, -0.2) is 29.0 Å². The van der Waals surface area contributed by atoms with Crippen molar-refractivity contribution in [1.29, 1.82) is 0 Å². The topological polar surface area (TPSA) is 50.4 Å². The normalized spacial score (nSPS) is 13.2. The Bertz CT molecular complexity index is 444. The van der Waals surface area contributed by atoms with Gasteiger partial charge in [0.1, 0.15) is 11.9 Å². The summed E-state index contributed by atoms with van der Waals surface area (Å²) in [7, 11) is 1.56. The van der Waals surface area contributed by atoms with E-state index in [1.807, 2.05) is 13.8 Å². The Hall–Kier alpha value is -0.680. The van der Waals surface area contributed by atoms with Crippen molar-refractivity contribution >= 4 is 40.7 Å². The van der Waals surface area contributed by atoms with Gasteiger partial charge in [0.15, 0.2) is 0 Å². The number of methoxy groups -OCH3 is 1. The number of hydrogen-bond acceptors (Lipinski definition) is 3. The van der Waals surface area contributed by atoms with E-state index < -0.39 is 9.96 Å². The molecule has 0 saturated carbocycles. The van der Waals surface area contributed by atoms with E-state index in [0.29, 0.717) is 11.3 Å². The number of rotatable bonds is 5. The molecule has 20 heavy (non-hydrogen) atoms. The van der Waals surface area contributed by atoms with E-state index in [-0.39, 0.29) is 11.9 Å². The summed E-state index contributed by atoms with van der Waals surface area (Å²) < 4.78 is 3.38. The number of ether oxygens (including phenoxy) is 1. The van der Waals surface area contributed by atoms with Gasteiger partial charge in [-0.3, -0.25) is 10.1 Å². The predicted molar refractivity (Wildman–Crippen MR) is 82.8 cm³/mol. The molecule has 1 amide bonds. The highest BCUT2D eigenvalue weighted by atomic mass is 35.6. The van der Waals surface area contributed by atoms with Crippen LogP contribution in [0, 0.1) is 0 Å². The van der Waals surface area contributed by atoms with Gasteiger partial charge in [-0.1, -0.05) is 34.8 Å². The van der Waals surface area contributed by atoms with Crippen molar-refractivity contribution in [1.82, 2.24) is 10.6 Å². The fourth-order valence-electron chi connectivity index (χ4n) is 1.51. The first-order chi connectivity index (χ1) is 9.24. The van der Waals surface area contributed by atoms with Crippen LogP contribution in [0.3, 0.4) is 0 Å². The highest BCUT2D eigenvalue weighted by molar-refractivity contribution is 6.68. The largest absolute Gasteiger partial charge is 0.497 e. The second-order valence-corrected chi connectivity index (χ2v) is 6.87. The zero-order valence-electron chi connectivity index (χ0n) is 11.4. The molecule has 0 aliphatic heterocycles. The minimum Gasteiger partial charge on any atom is -0.497 e. The van der Waals surface area contributed by atoms with Crippen molar-refractivity contribution in [2.75, 3.05) is 7.11 Å². The summed E-state index contributed by atoms with van der Waals surface area (Å²) in [4.78, 5) is 12.1. The van der Waals surface area contributed by atoms with E-state index >= 15 is 0 Å². The molecule has 0 aromatic heterocycles. The lowest BCUT2D eigenvalue weighted by molar-refractivity contribution is 0.0927. The van der Waals surface area contributed by atoms with Gasteiger partial charge < -0.3 is 10.1 Å². The molecule has 112 valence electrons. The average Bonchev–Trinajstić information content (AvgIpc) is 2.36. The van der Waals surface area contributed by atoms with Crippen molar-refractivity contribution in [3.63, 3.8) is 0 Å². The van der Waals surface area contributed by atoms with Crippen LogP contribution < -0.4 is 15.4 Å². The highest BCUT2D eigenvalue weighted by Crippen LogP contribution is 2.29. The molecule has 4 nitrogen and oxygen atoms in total. The highest BCUT2D eigenvalue weighted by Gasteiger charge is 2.34. The molecule has 1 aromatic rings. The van der Waals surface area contributed by atoms with Gasteiger partial charge in [-0.05, 0) is 38.1 Å². The zero-order valence-corrected chi connectivity index (χ0v) is 13.7. The molecule has 0 aliphatic carbocycles. The van der Waals surface area contributed by atoms with Gasteiger partial charge in [0.25, 0.3) is 5.91 Å². The molecule has 1 unspecified atom stereocenters. The van der Waals surface area contributed by atoms with Gasteiger partial charge in [0.05, 0.1) is 7.11 Å². The summed E-state index contributed by atoms with van der Waals surface area (Å²) in [6, 6.07) is 6.70. The second-order valence-electron chi connectivity index (χ2n) is 4.50. The predicted octanol–water partition coefficient (Wildman–Crippen LogP) is 3.12.